The van der Waals surface area contributed by atoms with Crippen molar-refractivity contribution in [2.24, 2.45) is 0 Å². The minimum Gasteiger partial charge on any atom is -0.383 e. The average Bonchev–Trinajstić information content (AvgIpc) is 2.84. The maximum absolute atomic E-state index is 6.07. The van der Waals surface area contributed by atoms with Crippen molar-refractivity contribution in [1.82, 2.24) is 9.78 Å². The maximum Gasteiger partial charge on any atom is 0.135 e. The van der Waals surface area contributed by atoms with E-state index in [1.165, 1.54) is 16.7 Å². The Morgan fingerprint density at radius 3 is 3.00 bits per heavy atom. The molecule has 1 aromatic heterocycles. The van der Waals surface area contributed by atoms with Gasteiger partial charge in [-0.3, -0.25) is 0 Å². The van der Waals surface area contributed by atoms with Gasteiger partial charge < -0.3 is 5.73 Å². The first-order chi connectivity index (χ1) is 8.16. The van der Waals surface area contributed by atoms with E-state index < -0.39 is 0 Å². The van der Waals surface area contributed by atoms with E-state index in [0.717, 1.165) is 22.2 Å². The minimum atomic E-state index is 0.313. The molecule has 0 radical (unpaired) electrons. The van der Waals surface area contributed by atoms with Gasteiger partial charge in [0.25, 0.3) is 0 Å². The fourth-order valence-electron chi connectivity index (χ4n) is 2.55. The Balaban J connectivity index is 2.09. The van der Waals surface area contributed by atoms with Gasteiger partial charge in [-0.25, -0.2) is 4.68 Å². The molecule has 0 spiro atoms. The molecule has 1 atom stereocenters. The molecule has 3 rings (SSSR count). The van der Waals surface area contributed by atoms with Crippen molar-refractivity contribution in [3.05, 3.63) is 44.7 Å². The van der Waals surface area contributed by atoms with Crippen LogP contribution in [0.3, 0.4) is 0 Å². The topological polar surface area (TPSA) is 43.8 Å². The predicted molar refractivity (Wildman–Crippen MR) is 77.0 cm³/mol. The molecular formula is C13H14IN3. The van der Waals surface area contributed by atoms with Gasteiger partial charge in [0.2, 0.25) is 0 Å². The SMILES string of the molecule is Cc1ccc2c(c1)C(n1ncc(I)c1N)CC2. The summed E-state index contributed by atoms with van der Waals surface area (Å²) in [6, 6.07) is 6.99. The van der Waals surface area contributed by atoms with Crippen molar-refractivity contribution in [1.29, 1.82) is 0 Å². The molecule has 1 unspecified atom stereocenters. The molecule has 1 aromatic carbocycles. The summed E-state index contributed by atoms with van der Waals surface area (Å²) in [4.78, 5) is 0. The first-order valence-electron chi connectivity index (χ1n) is 5.74. The Hall–Kier alpha value is -1.04. The predicted octanol–water partition coefficient (Wildman–Crippen LogP) is 2.91. The first-order valence-corrected chi connectivity index (χ1v) is 6.82. The quantitative estimate of drug-likeness (QED) is 0.812. The number of aryl methyl sites for hydroxylation is 2. The van der Waals surface area contributed by atoms with E-state index in [2.05, 4.69) is 52.8 Å². The van der Waals surface area contributed by atoms with E-state index >= 15 is 0 Å². The van der Waals surface area contributed by atoms with Crippen LogP contribution < -0.4 is 5.73 Å². The van der Waals surface area contributed by atoms with E-state index in [1.54, 1.807) is 0 Å². The number of nitrogens with zero attached hydrogens (tertiary/aromatic N) is 2. The highest BCUT2D eigenvalue weighted by Gasteiger charge is 2.26. The van der Waals surface area contributed by atoms with E-state index in [9.17, 15) is 0 Å². The summed E-state index contributed by atoms with van der Waals surface area (Å²) in [5.74, 6) is 0.782. The number of halogens is 1. The zero-order chi connectivity index (χ0) is 12.0. The highest BCUT2D eigenvalue weighted by atomic mass is 127. The molecule has 88 valence electrons. The summed E-state index contributed by atoms with van der Waals surface area (Å²) in [5.41, 5.74) is 10.2. The average molecular weight is 339 g/mol. The molecule has 0 fully saturated rings. The van der Waals surface area contributed by atoms with E-state index in [4.69, 9.17) is 5.73 Å². The van der Waals surface area contributed by atoms with Gasteiger partial charge in [-0.05, 0) is 53.5 Å². The first kappa shape index (κ1) is 11.1. The lowest BCUT2D eigenvalue weighted by molar-refractivity contribution is 0.527. The number of nitrogens with two attached hydrogens (primary N) is 1. The summed E-state index contributed by atoms with van der Waals surface area (Å²) >= 11 is 2.23. The van der Waals surface area contributed by atoms with Crippen LogP contribution in [0.4, 0.5) is 5.82 Å². The number of rotatable bonds is 1. The molecular weight excluding hydrogens is 325 g/mol. The Kier molecular flexibility index (Phi) is 2.61. The molecule has 1 heterocycles. The monoisotopic (exact) mass is 339 g/mol. The fraction of sp³-hybridized carbons (Fsp3) is 0.308. The zero-order valence-corrected chi connectivity index (χ0v) is 11.8. The molecule has 1 aliphatic carbocycles. The van der Waals surface area contributed by atoms with Gasteiger partial charge in [0.1, 0.15) is 5.82 Å². The van der Waals surface area contributed by atoms with Crippen molar-refractivity contribution in [2.75, 3.05) is 5.73 Å². The second-order valence-electron chi connectivity index (χ2n) is 4.58. The third-order valence-corrected chi connectivity index (χ3v) is 4.26. The molecule has 2 N–H and O–H groups in total. The number of fused-ring (bicyclic) bond motifs is 1. The third kappa shape index (κ3) is 1.74. The lowest BCUT2D eigenvalue weighted by Gasteiger charge is -2.14. The fourth-order valence-corrected chi connectivity index (χ4v) is 2.92. The van der Waals surface area contributed by atoms with Crippen LogP contribution in [0.15, 0.2) is 24.4 Å². The molecule has 17 heavy (non-hydrogen) atoms. The van der Waals surface area contributed by atoms with Gasteiger partial charge in [-0.15, -0.1) is 0 Å². The molecule has 0 saturated carbocycles. The van der Waals surface area contributed by atoms with Crippen LogP contribution in [0.25, 0.3) is 0 Å². The lowest BCUT2D eigenvalue weighted by atomic mass is 10.1. The third-order valence-electron chi connectivity index (χ3n) is 3.43. The van der Waals surface area contributed by atoms with Crippen molar-refractivity contribution in [3.63, 3.8) is 0 Å². The highest BCUT2D eigenvalue weighted by molar-refractivity contribution is 14.1. The molecule has 0 aliphatic heterocycles. The van der Waals surface area contributed by atoms with Gasteiger partial charge >= 0.3 is 0 Å². The Bertz CT molecular complexity index is 574. The van der Waals surface area contributed by atoms with Crippen LogP contribution in [-0.4, -0.2) is 9.78 Å². The Morgan fingerprint density at radius 1 is 1.47 bits per heavy atom. The number of anilines is 1. The summed E-state index contributed by atoms with van der Waals surface area (Å²) in [7, 11) is 0. The summed E-state index contributed by atoms with van der Waals surface area (Å²) in [6.07, 6.45) is 4.06. The number of aromatic nitrogens is 2. The molecule has 2 aromatic rings. The molecule has 3 nitrogen and oxygen atoms in total. The highest BCUT2D eigenvalue weighted by Crippen LogP contribution is 2.36. The van der Waals surface area contributed by atoms with Gasteiger partial charge in [0.05, 0.1) is 15.8 Å². The zero-order valence-electron chi connectivity index (χ0n) is 9.65. The van der Waals surface area contributed by atoms with Crippen molar-refractivity contribution >= 4 is 28.4 Å². The van der Waals surface area contributed by atoms with Crippen molar-refractivity contribution < 1.29 is 0 Å². The van der Waals surface area contributed by atoms with E-state index in [-0.39, 0.29) is 0 Å². The van der Waals surface area contributed by atoms with Gasteiger partial charge in [-0.2, -0.15) is 5.10 Å². The van der Waals surface area contributed by atoms with E-state index in [0.29, 0.717) is 6.04 Å². The summed E-state index contributed by atoms with van der Waals surface area (Å²) in [5, 5.41) is 4.41. The summed E-state index contributed by atoms with van der Waals surface area (Å²) in [6.45, 7) is 2.13. The molecule has 4 heteroatoms. The number of hydrogen-bond acceptors (Lipinski definition) is 2. The Morgan fingerprint density at radius 2 is 2.29 bits per heavy atom. The van der Waals surface area contributed by atoms with Crippen LogP contribution >= 0.6 is 22.6 Å². The van der Waals surface area contributed by atoms with Gasteiger partial charge in [0, 0.05) is 0 Å². The number of benzene rings is 1. The van der Waals surface area contributed by atoms with Crippen LogP contribution in [0.1, 0.15) is 29.2 Å². The largest absolute Gasteiger partial charge is 0.383 e. The molecule has 0 amide bonds. The minimum absolute atomic E-state index is 0.313. The smallest absolute Gasteiger partial charge is 0.135 e. The van der Waals surface area contributed by atoms with Crippen LogP contribution in [0.5, 0.6) is 0 Å². The van der Waals surface area contributed by atoms with Crippen molar-refractivity contribution in [2.45, 2.75) is 25.8 Å². The second kappa shape index (κ2) is 4.01. The normalized spacial score (nSPS) is 18.4. The van der Waals surface area contributed by atoms with Crippen LogP contribution in [-0.2, 0) is 6.42 Å². The van der Waals surface area contributed by atoms with E-state index in [1.807, 2.05) is 10.9 Å². The van der Waals surface area contributed by atoms with Gasteiger partial charge in [-0.1, -0.05) is 23.8 Å². The Labute approximate surface area is 114 Å². The molecule has 0 saturated heterocycles. The maximum atomic E-state index is 6.07. The molecule has 0 bridgehead atoms. The van der Waals surface area contributed by atoms with Gasteiger partial charge in [0.15, 0.2) is 0 Å². The second-order valence-corrected chi connectivity index (χ2v) is 5.74. The summed E-state index contributed by atoms with van der Waals surface area (Å²) < 4.78 is 3.00. The van der Waals surface area contributed by atoms with Crippen LogP contribution in [0, 0.1) is 10.5 Å². The number of hydrogen-bond donors (Lipinski definition) is 1. The number of nitrogen functional groups attached to an aromatic ring is 1. The van der Waals surface area contributed by atoms with Crippen molar-refractivity contribution in [3.8, 4) is 0 Å². The standard InChI is InChI=1S/C13H14IN3/c1-8-2-3-9-4-5-12(10(9)6-8)17-13(15)11(14)7-16-17/h2-3,6-7,12H,4-5,15H2,1H3. The lowest BCUT2D eigenvalue weighted by Crippen LogP contribution is -2.12. The van der Waals surface area contributed by atoms with Crippen LogP contribution in [0.2, 0.25) is 0 Å². The molecule has 1 aliphatic rings.